The van der Waals surface area contributed by atoms with Crippen LogP contribution in [0.5, 0.6) is 0 Å². The van der Waals surface area contributed by atoms with Gasteiger partial charge in [-0.3, -0.25) is 9.59 Å². The topological polar surface area (TPSA) is 78.9 Å². The number of rotatable bonds is 10. The van der Waals surface area contributed by atoms with Gasteiger partial charge in [0.1, 0.15) is 23.3 Å². The number of Topliss-reactive ketones (excluding diaryl/α,β-unsaturated/α-hetero) is 2. The van der Waals surface area contributed by atoms with Crippen LogP contribution in [0.4, 0.5) is 0 Å². The Labute approximate surface area is 156 Å². The minimum atomic E-state index is -0.530. The molecule has 26 heavy (non-hydrogen) atoms. The van der Waals surface area contributed by atoms with Crippen molar-refractivity contribution >= 4 is 17.5 Å². The van der Waals surface area contributed by atoms with Crippen LogP contribution in [0.3, 0.4) is 0 Å². The molecule has 0 unspecified atom stereocenters. The van der Waals surface area contributed by atoms with E-state index in [2.05, 4.69) is 0 Å². The summed E-state index contributed by atoms with van der Waals surface area (Å²) >= 11 is 0. The van der Waals surface area contributed by atoms with E-state index in [-0.39, 0.29) is 29.6 Å². The Kier molecular flexibility index (Phi) is 8.41. The molecular weight excluding hydrogens is 336 g/mol. The first-order chi connectivity index (χ1) is 12.0. The molecule has 1 aliphatic rings. The Balaban J connectivity index is 2.45. The van der Waals surface area contributed by atoms with Gasteiger partial charge in [0.05, 0.1) is 13.0 Å². The number of ether oxygens (including phenoxy) is 1. The van der Waals surface area contributed by atoms with Crippen molar-refractivity contribution in [1.82, 2.24) is 0 Å². The van der Waals surface area contributed by atoms with E-state index in [0.29, 0.717) is 32.1 Å². The first-order valence-electron chi connectivity index (χ1n) is 9.46. The number of carbonyl (C=O) groups excluding carboxylic acids is 3. The number of esters is 1. The largest absolute Gasteiger partial charge is 0.469 e. The Morgan fingerprint density at radius 3 is 2.42 bits per heavy atom. The number of ketones is 2. The highest BCUT2D eigenvalue weighted by atomic mass is 17.2. The predicted octanol–water partition coefficient (Wildman–Crippen LogP) is 3.80. The summed E-state index contributed by atoms with van der Waals surface area (Å²) in [6, 6.07) is 0. The number of hydrogen-bond donors (Lipinski definition) is 0. The van der Waals surface area contributed by atoms with Gasteiger partial charge in [0.25, 0.3) is 0 Å². The monoisotopic (exact) mass is 370 g/mol. The summed E-state index contributed by atoms with van der Waals surface area (Å²) in [5.74, 6) is -0.365. The number of methoxy groups -OCH3 is 1. The quantitative estimate of drug-likeness (QED) is 0.430. The molecule has 0 bridgehead atoms. The van der Waals surface area contributed by atoms with Gasteiger partial charge in [-0.25, -0.2) is 9.78 Å². The molecule has 0 aliphatic carbocycles. The Morgan fingerprint density at radius 1 is 1.27 bits per heavy atom. The lowest BCUT2D eigenvalue weighted by Crippen LogP contribution is -2.42. The summed E-state index contributed by atoms with van der Waals surface area (Å²) in [6.07, 6.45) is 4.02. The molecule has 0 aromatic rings. The summed E-state index contributed by atoms with van der Waals surface area (Å²) in [5.41, 5.74) is -0.971. The molecule has 0 spiro atoms. The molecule has 1 saturated heterocycles. The van der Waals surface area contributed by atoms with E-state index in [1.54, 1.807) is 13.8 Å². The lowest BCUT2D eigenvalue weighted by molar-refractivity contribution is -0.411. The lowest BCUT2D eigenvalue weighted by Gasteiger charge is -2.37. The Hall–Kier alpha value is -1.27. The predicted molar refractivity (Wildman–Crippen MR) is 97.3 cm³/mol. The van der Waals surface area contributed by atoms with Gasteiger partial charge in [-0.2, -0.15) is 0 Å². The summed E-state index contributed by atoms with van der Waals surface area (Å²) < 4.78 is 4.74. The summed E-state index contributed by atoms with van der Waals surface area (Å²) in [4.78, 5) is 46.3. The third-order valence-electron chi connectivity index (χ3n) is 5.43. The zero-order chi connectivity index (χ0) is 20.0. The number of carbonyl (C=O) groups is 3. The van der Waals surface area contributed by atoms with E-state index < -0.39 is 11.0 Å². The zero-order valence-corrected chi connectivity index (χ0v) is 17.1. The van der Waals surface area contributed by atoms with Gasteiger partial charge < -0.3 is 9.53 Å². The molecule has 6 heteroatoms. The lowest BCUT2D eigenvalue weighted by atomic mass is 9.79. The highest BCUT2D eigenvalue weighted by Crippen LogP contribution is 2.35. The van der Waals surface area contributed by atoms with Crippen molar-refractivity contribution in [2.75, 3.05) is 7.11 Å². The molecule has 150 valence electrons. The van der Waals surface area contributed by atoms with Crippen LogP contribution in [-0.2, 0) is 28.9 Å². The maximum atomic E-state index is 12.6. The second-order valence-corrected chi connectivity index (χ2v) is 8.38. The van der Waals surface area contributed by atoms with Crippen molar-refractivity contribution in [1.29, 1.82) is 0 Å². The average Bonchev–Trinajstić information content (AvgIpc) is 2.58. The molecule has 3 atom stereocenters. The summed E-state index contributed by atoms with van der Waals surface area (Å²) in [5, 5.41) is 0. The maximum absolute atomic E-state index is 12.6. The zero-order valence-electron chi connectivity index (χ0n) is 17.1. The standard InChI is InChI=1S/C20H34O6/c1-14(21)8-7-11-19(3,4)17(22)10-13-20(5)12-9-16(25-26-20)15(2)18(23)24-6/h15-16H,7-13H2,1-6H3/t15-,16-,20+/m0/s1. The van der Waals surface area contributed by atoms with E-state index in [9.17, 15) is 14.4 Å². The fourth-order valence-electron chi connectivity index (χ4n) is 3.19. The van der Waals surface area contributed by atoms with E-state index >= 15 is 0 Å². The first kappa shape index (κ1) is 22.8. The Morgan fingerprint density at radius 2 is 1.92 bits per heavy atom. The molecule has 0 saturated carbocycles. The molecule has 1 aliphatic heterocycles. The van der Waals surface area contributed by atoms with Gasteiger partial charge in [-0.05, 0) is 52.9 Å². The van der Waals surface area contributed by atoms with Crippen molar-refractivity contribution < 1.29 is 28.9 Å². The normalized spacial score (nSPS) is 24.8. The fourth-order valence-corrected chi connectivity index (χ4v) is 3.19. The average molecular weight is 370 g/mol. The van der Waals surface area contributed by atoms with E-state index in [1.807, 2.05) is 20.8 Å². The van der Waals surface area contributed by atoms with Crippen LogP contribution in [0.15, 0.2) is 0 Å². The molecular formula is C20H34O6. The van der Waals surface area contributed by atoms with Crippen LogP contribution in [0.2, 0.25) is 0 Å². The summed E-state index contributed by atoms with van der Waals surface area (Å²) in [6.45, 7) is 9.14. The molecule has 0 N–H and O–H groups in total. The van der Waals surface area contributed by atoms with Crippen molar-refractivity contribution in [3.63, 3.8) is 0 Å². The highest BCUT2D eigenvalue weighted by Gasteiger charge is 2.39. The summed E-state index contributed by atoms with van der Waals surface area (Å²) in [7, 11) is 1.36. The van der Waals surface area contributed by atoms with Crippen molar-refractivity contribution in [2.24, 2.45) is 11.3 Å². The van der Waals surface area contributed by atoms with Crippen molar-refractivity contribution in [3.8, 4) is 0 Å². The van der Waals surface area contributed by atoms with Crippen molar-refractivity contribution in [3.05, 3.63) is 0 Å². The van der Waals surface area contributed by atoms with Crippen LogP contribution in [0.25, 0.3) is 0 Å². The molecule has 0 radical (unpaired) electrons. The van der Waals surface area contributed by atoms with Crippen LogP contribution in [0.1, 0.15) is 79.6 Å². The van der Waals surface area contributed by atoms with E-state index in [4.69, 9.17) is 14.5 Å². The maximum Gasteiger partial charge on any atom is 0.311 e. The second kappa shape index (κ2) is 9.60. The van der Waals surface area contributed by atoms with Crippen molar-refractivity contribution in [2.45, 2.75) is 91.3 Å². The minimum absolute atomic E-state index is 0.157. The molecule has 1 fully saturated rings. The van der Waals surface area contributed by atoms with Gasteiger partial charge in [0.2, 0.25) is 0 Å². The van der Waals surface area contributed by atoms with Gasteiger partial charge in [-0.1, -0.05) is 13.8 Å². The number of hydrogen-bond acceptors (Lipinski definition) is 6. The molecule has 0 aromatic carbocycles. The van der Waals surface area contributed by atoms with E-state index in [1.165, 1.54) is 7.11 Å². The van der Waals surface area contributed by atoms with Gasteiger partial charge in [0.15, 0.2) is 0 Å². The highest BCUT2D eigenvalue weighted by molar-refractivity contribution is 5.84. The molecule has 6 nitrogen and oxygen atoms in total. The van der Waals surface area contributed by atoms with Crippen LogP contribution in [0, 0.1) is 11.3 Å². The SMILES string of the molecule is COC(=O)[C@@H](C)[C@@H]1CC[C@](C)(CCC(=O)C(C)(C)CCCC(C)=O)OO1. The second-order valence-electron chi connectivity index (χ2n) is 8.38. The van der Waals surface area contributed by atoms with Gasteiger partial charge in [-0.15, -0.1) is 0 Å². The van der Waals surface area contributed by atoms with Crippen LogP contribution >= 0.6 is 0 Å². The smallest absolute Gasteiger partial charge is 0.311 e. The van der Waals surface area contributed by atoms with E-state index in [0.717, 1.165) is 12.8 Å². The third-order valence-corrected chi connectivity index (χ3v) is 5.43. The van der Waals surface area contributed by atoms with Gasteiger partial charge >= 0.3 is 5.97 Å². The fraction of sp³-hybridized carbons (Fsp3) is 0.850. The van der Waals surface area contributed by atoms with Gasteiger partial charge in [0, 0.05) is 18.3 Å². The third kappa shape index (κ3) is 6.80. The molecule has 1 rings (SSSR count). The Bertz CT molecular complexity index is 502. The molecule has 1 heterocycles. The molecule has 0 aromatic heterocycles. The first-order valence-corrected chi connectivity index (χ1v) is 9.46. The van der Waals surface area contributed by atoms with Crippen LogP contribution < -0.4 is 0 Å². The van der Waals surface area contributed by atoms with Crippen LogP contribution in [-0.4, -0.2) is 36.4 Å². The molecule has 0 amide bonds. The minimum Gasteiger partial charge on any atom is -0.469 e.